The summed E-state index contributed by atoms with van der Waals surface area (Å²) in [5.74, 6) is -1.06. The zero-order valence-electron chi connectivity index (χ0n) is 39.6. The number of imide groups is 2. The Kier molecular flexibility index (Phi) is 11.3. The van der Waals surface area contributed by atoms with Crippen LogP contribution in [0.1, 0.15) is 71.2 Å². The summed E-state index contributed by atoms with van der Waals surface area (Å²) in [6, 6.07) is 9.55. The lowest BCUT2D eigenvalue weighted by Crippen LogP contribution is -2.54. The summed E-state index contributed by atoms with van der Waals surface area (Å²) in [4.78, 5) is 85.6. The number of likely N-dealkylation sites (tertiary alicyclic amines) is 1. The van der Waals surface area contributed by atoms with Crippen molar-refractivity contribution in [2.24, 2.45) is 5.92 Å². The van der Waals surface area contributed by atoms with Gasteiger partial charge in [0.15, 0.2) is 5.82 Å². The molecule has 0 spiro atoms. The van der Waals surface area contributed by atoms with Gasteiger partial charge in [0, 0.05) is 92.6 Å². The molecule has 9 heterocycles. The average molecular weight is 993 g/mol. The van der Waals surface area contributed by atoms with Crippen LogP contribution in [-0.2, 0) is 14.3 Å². The normalized spacial score (nSPS) is 24.8. The van der Waals surface area contributed by atoms with Gasteiger partial charge in [-0.3, -0.25) is 39.3 Å². The molecule has 6 saturated heterocycles. The predicted molar refractivity (Wildman–Crippen MR) is 262 cm³/mol. The molecule has 12 rings (SSSR count). The lowest BCUT2D eigenvalue weighted by atomic mass is 9.94. The molecule has 374 valence electrons. The molecule has 73 heavy (non-hydrogen) atoms. The molecule has 7 aliphatic rings. The maximum absolute atomic E-state index is 17.2. The second-order valence-corrected chi connectivity index (χ2v) is 20.4. The number of anilines is 2. The SMILES string of the molecule is C#Cc1c(F)ccc2cc(O)cc(-c3ncc4c(N5CC6CCC(C5)N6)nc(OC[C@@]56CC[C@@H](COC(=O)N7CC(CNc8cccc9c8C(=O)N(C8CCC(=O)NC8=O)C9=O)C7)N5CC(=C)C6)nc4c3F)c12. The van der Waals surface area contributed by atoms with E-state index in [2.05, 4.69) is 48.2 Å². The Bertz CT molecular complexity index is 3280. The smallest absolute Gasteiger partial charge is 0.409 e. The Labute approximate surface area is 417 Å². The summed E-state index contributed by atoms with van der Waals surface area (Å²) >= 11 is 0. The number of aromatic hydroxyl groups is 1. The number of phenols is 1. The van der Waals surface area contributed by atoms with Crippen LogP contribution in [0.4, 0.5) is 25.1 Å². The molecular weight excluding hydrogens is 943 g/mol. The first-order valence-electron chi connectivity index (χ1n) is 24.6. The van der Waals surface area contributed by atoms with Crippen molar-refractivity contribution < 1.29 is 47.3 Å². The molecule has 7 aliphatic heterocycles. The maximum atomic E-state index is 17.2. The van der Waals surface area contributed by atoms with Gasteiger partial charge in [0.1, 0.15) is 47.9 Å². The number of terminal acetylenes is 1. The first-order chi connectivity index (χ1) is 35.2. The van der Waals surface area contributed by atoms with Gasteiger partial charge in [0.05, 0.1) is 27.6 Å². The number of halogens is 2. The van der Waals surface area contributed by atoms with Gasteiger partial charge in [0.2, 0.25) is 11.8 Å². The maximum Gasteiger partial charge on any atom is 0.409 e. The average Bonchev–Trinajstić information content (AvgIpc) is 4.06. The van der Waals surface area contributed by atoms with E-state index in [9.17, 15) is 29.1 Å². The highest BCUT2D eigenvalue weighted by molar-refractivity contribution is 6.25. The third-order valence-electron chi connectivity index (χ3n) is 15.7. The molecule has 5 aromatic rings. The van der Waals surface area contributed by atoms with Gasteiger partial charge < -0.3 is 35.0 Å². The Morgan fingerprint density at radius 3 is 2.59 bits per heavy atom. The predicted octanol–water partition coefficient (Wildman–Crippen LogP) is 4.87. The van der Waals surface area contributed by atoms with Crippen molar-refractivity contribution in [3.05, 3.63) is 89.1 Å². The number of phenolic OH excluding ortho intramolecular Hbond substituents is 1. The molecule has 2 aromatic heterocycles. The second kappa shape index (κ2) is 17.8. The number of carbonyl (C=O) groups is 5. The fraction of sp³-hybridized carbons (Fsp3) is 0.396. The van der Waals surface area contributed by atoms with Crippen LogP contribution < -0.4 is 25.6 Å². The number of ether oxygens (including phenoxy) is 2. The summed E-state index contributed by atoms with van der Waals surface area (Å²) in [7, 11) is 0. The molecule has 3 aromatic carbocycles. The molecule has 0 aliphatic carbocycles. The molecule has 20 heteroatoms. The van der Waals surface area contributed by atoms with Crippen LogP contribution in [0.5, 0.6) is 11.8 Å². The number of nitrogens with zero attached hydrogens (tertiary/aromatic N) is 7. The summed E-state index contributed by atoms with van der Waals surface area (Å²) in [6.07, 6.45) is 11.0. The third kappa shape index (κ3) is 7.92. The number of aromatic nitrogens is 3. The molecule has 2 bridgehead atoms. The lowest BCUT2D eigenvalue weighted by molar-refractivity contribution is -0.136. The van der Waals surface area contributed by atoms with Crippen LogP contribution >= 0.6 is 0 Å². The monoisotopic (exact) mass is 992 g/mol. The number of piperidine rings is 1. The largest absolute Gasteiger partial charge is 0.508 e. The first-order valence-corrected chi connectivity index (χ1v) is 24.6. The minimum atomic E-state index is -1.07. The molecule has 5 atom stereocenters. The first kappa shape index (κ1) is 46.3. The van der Waals surface area contributed by atoms with Crippen LogP contribution in [-0.4, -0.2) is 147 Å². The summed E-state index contributed by atoms with van der Waals surface area (Å²) < 4.78 is 44.8. The van der Waals surface area contributed by atoms with Crippen LogP contribution in [0.3, 0.4) is 0 Å². The number of carbonyl (C=O) groups excluding carboxylic acids is 5. The van der Waals surface area contributed by atoms with E-state index in [-0.39, 0.29) is 101 Å². The number of piperazine rings is 1. The van der Waals surface area contributed by atoms with Gasteiger partial charge in [-0.05, 0) is 74.2 Å². The number of nitrogens with one attached hydrogen (secondary N) is 3. The Morgan fingerprint density at radius 1 is 1.00 bits per heavy atom. The number of hydrogen-bond donors (Lipinski definition) is 4. The van der Waals surface area contributed by atoms with E-state index in [0.717, 1.165) is 29.7 Å². The molecule has 4 N–H and O–H groups in total. The Morgan fingerprint density at radius 2 is 1.81 bits per heavy atom. The van der Waals surface area contributed by atoms with Crippen molar-refractivity contribution >= 4 is 62.9 Å². The number of benzene rings is 3. The molecule has 0 saturated carbocycles. The van der Waals surface area contributed by atoms with Crippen molar-refractivity contribution in [3.63, 3.8) is 0 Å². The molecule has 3 unspecified atom stereocenters. The molecular formula is C53H50F2N10O8. The van der Waals surface area contributed by atoms with Crippen molar-refractivity contribution in [2.75, 3.05) is 62.7 Å². The standard InChI is InChI=1S/C53H50F2N10O8/c1-3-34-38(54)10-7-29-15-33(66)16-36(42(29)34)45-44(55)46-37(19-57-45)47(62-23-30-8-9-31(24-62)58-30)61-51(60-46)73-26-53-14-13-32(64(53)20-27(2)17-53)25-72-52(71)63-21-28(22-63)18-56-39-6-4-5-35-43(39)50(70)65(49(35)69)40-11-12-41(67)59-48(40)68/h1,4-7,10,15-16,19,28,30-32,40,56,58,66H,2,8-9,11-14,17-18,20-26H2,(H,59,67,68)/t30?,31?,32-,40?,53-/m0/s1. The Hall–Kier alpha value is -7.76. The quantitative estimate of drug-likeness (QED) is 0.0790. The molecule has 18 nitrogen and oxygen atoms in total. The van der Waals surface area contributed by atoms with Gasteiger partial charge in [-0.2, -0.15) is 9.97 Å². The van der Waals surface area contributed by atoms with Crippen molar-refractivity contribution in [2.45, 2.75) is 74.7 Å². The van der Waals surface area contributed by atoms with Gasteiger partial charge in [-0.15, -0.1) is 6.42 Å². The third-order valence-corrected chi connectivity index (χ3v) is 15.7. The zero-order valence-corrected chi connectivity index (χ0v) is 39.6. The lowest BCUT2D eigenvalue weighted by Gasteiger charge is -2.39. The van der Waals surface area contributed by atoms with E-state index >= 15 is 8.78 Å². The number of rotatable bonds is 11. The number of fused-ring (bicyclic) bond motifs is 6. The van der Waals surface area contributed by atoms with E-state index in [0.29, 0.717) is 74.4 Å². The van der Waals surface area contributed by atoms with Gasteiger partial charge in [-0.25, -0.2) is 13.6 Å². The van der Waals surface area contributed by atoms with Crippen molar-refractivity contribution in [1.29, 1.82) is 0 Å². The number of pyridine rings is 1. The van der Waals surface area contributed by atoms with E-state index in [1.54, 1.807) is 23.1 Å². The van der Waals surface area contributed by atoms with Crippen molar-refractivity contribution in [1.82, 2.24) is 40.3 Å². The molecule has 0 radical (unpaired) electrons. The summed E-state index contributed by atoms with van der Waals surface area (Å²) in [5.41, 5.74) is 1.08. The fourth-order valence-electron chi connectivity index (χ4n) is 12.2. The van der Waals surface area contributed by atoms with Gasteiger partial charge >= 0.3 is 12.1 Å². The fourth-order valence-corrected chi connectivity index (χ4v) is 12.2. The number of amides is 5. The van der Waals surface area contributed by atoms with Crippen LogP contribution in [0.2, 0.25) is 0 Å². The van der Waals surface area contributed by atoms with Gasteiger partial charge in [0.25, 0.3) is 11.8 Å². The number of hydrogen-bond acceptors (Lipinski definition) is 15. The van der Waals surface area contributed by atoms with E-state index < -0.39 is 52.9 Å². The molecule has 6 fully saturated rings. The van der Waals surface area contributed by atoms with E-state index in [1.165, 1.54) is 30.5 Å². The Balaban J connectivity index is 0.720. The van der Waals surface area contributed by atoms with E-state index in [1.807, 2.05) is 0 Å². The highest BCUT2D eigenvalue weighted by Gasteiger charge is 2.52. The topological polar surface area (TPSA) is 212 Å². The van der Waals surface area contributed by atoms with Gasteiger partial charge in [-0.1, -0.05) is 30.2 Å². The summed E-state index contributed by atoms with van der Waals surface area (Å²) in [6.45, 7) is 7.68. The van der Waals surface area contributed by atoms with Crippen LogP contribution in [0.25, 0.3) is 32.9 Å². The summed E-state index contributed by atoms with van der Waals surface area (Å²) in [5, 5.41) is 20.9. The highest BCUT2D eigenvalue weighted by atomic mass is 19.1. The highest BCUT2D eigenvalue weighted by Crippen LogP contribution is 2.45. The second-order valence-electron chi connectivity index (χ2n) is 20.4. The van der Waals surface area contributed by atoms with Crippen LogP contribution in [0.15, 0.2) is 60.8 Å². The van der Waals surface area contributed by atoms with Crippen molar-refractivity contribution in [3.8, 4) is 35.4 Å². The minimum absolute atomic E-state index is 0.0259. The minimum Gasteiger partial charge on any atom is -0.508 e. The van der Waals surface area contributed by atoms with E-state index in [4.69, 9.17) is 20.9 Å². The molecule has 5 amide bonds. The van der Waals surface area contributed by atoms with Crippen LogP contribution in [0, 0.1) is 29.9 Å². The zero-order chi connectivity index (χ0) is 50.4.